The van der Waals surface area contributed by atoms with Crippen molar-refractivity contribution in [3.63, 3.8) is 0 Å². The first-order valence-electron chi connectivity index (χ1n) is 14.9. The Kier molecular flexibility index (Phi) is 10.5. The van der Waals surface area contributed by atoms with Crippen LogP contribution in [0.15, 0.2) is 54.6 Å². The van der Waals surface area contributed by atoms with E-state index in [1.807, 2.05) is 62.3 Å². The molecule has 0 aliphatic rings. The van der Waals surface area contributed by atoms with E-state index >= 15 is 0 Å². The molecule has 46 heavy (non-hydrogen) atoms. The number of benzene rings is 4. The van der Waals surface area contributed by atoms with Crippen molar-refractivity contribution in [3.05, 3.63) is 105 Å². The van der Waals surface area contributed by atoms with Crippen molar-refractivity contribution in [2.75, 3.05) is 0 Å². The monoisotopic (exact) mass is 661 g/mol. The van der Waals surface area contributed by atoms with Gasteiger partial charge in [0, 0.05) is 18.2 Å². The van der Waals surface area contributed by atoms with Crippen molar-refractivity contribution >= 4 is 28.5 Å². The van der Waals surface area contributed by atoms with Gasteiger partial charge in [-0.05, 0) is 95.7 Å². The molecule has 0 saturated heterocycles. The summed E-state index contributed by atoms with van der Waals surface area (Å²) in [5, 5.41) is 3.34. The highest BCUT2D eigenvalue weighted by Crippen LogP contribution is 2.59. The molecule has 0 spiro atoms. The van der Waals surface area contributed by atoms with Crippen molar-refractivity contribution in [1.29, 1.82) is 0 Å². The van der Waals surface area contributed by atoms with E-state index in [0.717, 1.165) is 72.1 Å². The van der Waals surface area contributed by atoms with Gasteiger partial charge in [-0.3, -0.25) is 0 Å². The van der Waals surface area contributed by atoms with Gasteiger partial charge in [0.05, 0.1) is 0 Å². The van der Waals surface area contributed by atoms with E-state index in [1.54, 1.807) is 0 Å². The third-order valence-electron chi connectivity index (χ3n) is 8.06. The van der Waals surface area contributed by atoms with E-state index in [2.05, 4.69) is 36.4 Å². The molecule has 4 aromatic rings. The third-order valence-corrected chi connectivity index (χ3v) is 13.2. The SMILES string of the molecule is Cc1cc(C)c([P+](c2cc(OC(F)C(F)F)cc(OC(F)C(F)F)c2)(c2c(C)cc(C)cc2C)c2c(C)cc(C)cc2C)c(C)c1. The molecule has 2 atom stereocenters. The molecular weight excluding hydrogens is 621 g/mol. The Morgan fingerprint density at radius 1 is 0.413 bits per heavy atom. The smallest absolute Gasteiger partial charge is 0.304 e. The fraction of sp³-hybridized carbons (Fsp3) is 0.351. The summed E-state index contributed by atoms with van der Waals surface area (Å²) in [6.07, 6.45) is -13.0. The average Bonchev–Trinajstić information content (AvgIpc) is 2.90. The Balaban J connectivity index is 2.34. The zero-order chi connectivity index (χ0) is 34.2. The summed E-state index contributed by atoms with van der Waals surface area (Å²) in [6, 6.07) is 16.3. The molecule has 246 valence electrons. The van der Waals surface area contributed by atoms with Gasteiger partial charge in [-0.1, -0.05) is 53.1 Å². The van der Waals surface area contributed by atoms with Gasteiger partial charge in [-0.15, -0.1) is 0 Å². The predicted molar refractivity (Wildman–Crippen MR) is 177 cm³/mol. The number of halogens is 6. The number of rotatable bonds is 10. The minimum absolute atomic E-state index is 0.390. The van der Waals surface area contributed by atoms with E-state index in [9.17, 15) is 26.3 Å². The van der Waals surface area contributed by atoms with E-state index in [1.165, 1.54) is 12.1 Å². The lowest BCUT2D eigenvalue weighted by atomic mass is 10.1. The van der Waals surface area contributed by atoms with Gasteiger partial charge in [-0.25, -0.2) is 17.6 Å². The third kappa shape index (κ3) is 6.78. The molecule has 0 aromatic heterocycles. The van der Waals surface area contributed by atoms with Gasteiger partial charge in [0.2, 0.25) is 0 Å². The maximum absolute atomic E-state index is 14.5. The van der Waals surface area contributed by atoms with Gasteiger partial charge >= 0.3 is 12.9 Å². The zero-order valence-electron chi connectivity index (χ0n) is 27.5. The molecule has 2 unspecified atom stereocenters. The highest BCUT2D eigenvalue weighted by molar-refractivity contribution is 8.02. The van der Waals surface area contributed by atoms with E-state index in [4.69, 9.17) is 9.47 Å². The van der Waals surface area contributed by atoms with Crippen LogP contribution in [-0.2, 0) is 0 Å². The standard InChI is InChI=1S/C37H40F6O2P/c1-19-10-22(4)31(23(5)11-19)46(32-24(6)12-20(2)13-25(32)7,33-26(8)14-21(3)15-27(33)9)30-17-28(44-36(42)34(38)39)16-29(18-30)45-37(43)35(40)41/h10-18,34-37H,1-9H3/q+1. The molecule has 0 amide bonds. The minimum Gasteiger partial charge on any atom is -0.454 e. The van der Waals surface area contributed by atoms with Gasteiger partial charge in [0.15, 0.2) is 0 Å². The maximum atomic E-state index is 14.5. The Morgan fingerprint density at radius 2 is 0.674 bits per heavy atom. The molecule has 4 aromatic carbocycles. The van der Waals surface area contributed by atoms with E-state index in [-0.39, 0.29) is 0 Å². The molecule has 0 saturated carbocycles. The Bertz CT molecular complexity index is 1510. The summed E-state index contributed by atoms with van der Waals surface area (Å²) in [7, 11) is -3.16. The van der Waals surface area contributed by atoms with Gasteiger partial charge in [-0.2, -0.15) is 8.78 Å². The lowest BCUT2D eigenvalue weighted by Gasteiger charge is -2.35. The van der Waals surface area contributed by atoms with Crippen LogP contribution in [0.4, 0.5) is 26.3 Å². The largest absolute Gasteiger partial charge is 0.454 e. The second-order valence-corrected chi connectivity index (χ2v) is 15.4. The van der Waals surface area contributed by atoms with Crippen LogP contribution in [0.1, 0.15) is 50.1 Å². The van der Waals surface area contributed by atoms with E-state index in [0.29, 0.717) is 5.30 Å². The topological polar surface area (TPSA) is 18.5 Å². The first-order valence-corrected chi connectivity index (χ1v) is 16.7. The minimum atomic E-state index is -3.48. The van der Waals surface area contributed by atoms with E-state index < -0.39 is 44.3 Å². The van der Waals surface area contributed by atoms with Crippen molar-refractivity contribution in [1.82, 2.24) is 0 Å². The lowest BCUT2D eigenvalue weighted by Crippen LogP contribution is -2.44. The summed E-state index contributed by atoms with van der Waals surface area (Å²) in [4.78, 5) is 0. The summed E-state index contributed by atoms with van der Waals surface area (Å²) < 4.78 is 92.6. The van der Waals surface area contributed by atoms with Crippen LogP contribution in [0.5, 0.6) is 11.5 Å². The maximum Gasteiger partial charge on any atom is 0.304 e. The first kappa shape index (κ1) is 35.3. The highest BCUT2D eigenvalue weighted by atomic mass is 31.2. The summed E-state index contributed by atoms with van der Waals surface area (Å²) >= 11 is 0. The van der Waals surface area contributed by atoms with Crippen molar-refractivity contribution < 1.29 is 35.8 Å². The van der Waals surface area contributed by atoms with Crippen LogP contribution in [-0.4, -0.2) is 25.6 Å². The average molecular weight is 662 g/mol. The second kappa shape index (κ2) is 13.7. The molecule has 0 aliphatic heterocycles. The summed E-state index contributed by atoms with van der Waals surface area (Å²) in [6.45, 7) is 18.0. The quantitative estimate of drug-likeness (QED) is 0.125. The highest BCUT2D eigenvalue weighted by Gasteiger charge is 2.54. The summed E-state index contributed by atoms with van der Waals surface area (Å²) in [5.41, 5.74) is 8.79. The molecule has 0 N–H and O–H groups in total. The number of hydrogen-bond donors (Lipinski definition) is 0. The zero-order valence-corrected chi connectivity index (χ0v) is 28.4. The van der Waals surface area contributed by atoms with Crippen molar-refractivity contribution in [2.45, 2.75) is 87.9 Å². The molecular formula is C37H40F6O2P+. The first-order chi connectivity index (χ1) is 21.5. The van der Waals surface area contributed by atoms with Crippen LogP contribution >= 0.6 is 7.26 Å². The van der Waals surface area contributed by atoms with Gasteiger partial charge in [0.1, 0.15) is 40.0 Å². The fourth-order valence-electron chi connectivity index (χ4n) is 7.08. The Labute approximate surface area is 268 Å². The Hall–Kier alpha value is -3.51. The van der Waals surface area contributed by atoms with Crippen molar-refractivity contribution in [3.8, 4) is 11.5 Å². The molecule has 2 nitrogen and oxygen atoms in total. The molecule has 4 rings (SSSR count). The summed E-state index contributed by atoms with van der Waals surface area (Å²) in [5.74, 6) is -0.781. The molecule has 0 aliphatic carbocycles. The predicted octanol–water partition coefficient (Wildman–Crippen LogP) is 8.96. The van der Waals surface area contributed by atoms with Crippen molar-refractivity contribution in [2.24, 2.45) is 0 Å². The number of aryl methyl sites for hydroxylation is 9. The second-order valence-electron chi connectivity index (χ2n) is 12.2. The molecule has 0 bridgehead atoms. The van der Waals surface area contributed by atoms with Crippen LogP contribution in [0.2, 0.25) is 0 Å². The lowest BCUT2D eigenvalue weighted by molar-refractivity contribution is -0.0704. The normalized spacial score (nSPS) is 13.3. The number of hydrogen-bond acceptors (Lipinski definition) is 2. The van der Waals surface area contributed by atoms with Crippen LogP contribution in [0.3, 0.4) is 0 Å². The van der Waals surface area contributed by atoms with Crippen LogP contribution < -0.4 is 30.7 Å². The number of alkyl halides is 6. The van der Waals surface area contributed by atoms with Gasteiger partial charge in [0.25, 0.3) is 12.7 Å². The Morgan fingerprint density at radius 3 is 0.913 bits per heavy atom. The molecule has 0 heterocycles. The molecule has 0 radical (unpaired) electrons. The number of ether oxygens (including phenoxy) is 2. The van der Waals surface area contributed by atoms with Gasteiger partial charge < -0.3 is 9.47 Å². The van der Waals surface area contributed by atoms with Crippen LogP contribution in [0, 0.1) is 62.3 Å². The molecule has 9 heteroatoms. The van der Waals surface area contributed by atoms with Crippen LogP contribution in [0.25, 0.3) is 0 Å². The molecule has 0 fully saturated rings. The fourth-order valence-corrected chi connectivity index (χ4v) is 12.7.